The lowest BCUT2D eigenvalue weighted by Crippen LogP contribution is -2.09. The Morgan fingerprint density at radius 2 is 1.70 bits per heavy atom. The molecule has 2 aromatic heterocycles. The molecular formula is C20H15ClN4O2. The number of aromatic nitrogens is 3. The van der Waals surface area contributed by atoms with Gasteiger partial charge in [-0.25, -0.2) is 4.98 Å². The van der Waals surface area contributed by atoms with Crippen LogP contribution in [0.25, 0.3) is 5.69 Å². The summed E-state index contributed by atoms with van der Waals surface area (Å²) in [5, 5.41) is 11.5. The van der Waals surface area contributed by atoms with Gasteiger partial charge < -0.3 is 9.13 Å². The molecule has 6 nitrogen and oxygen atoms in total. The molecule has 0 spiro atoms. The molecule has 1 unspecified atom stereocenters. The predicted octanol–water partition coefficient (Wildman–Crippen LogP) is 4.87. The van der Waals surface area contributed by atoms with Crippen LogP contribution in [0.2, 0.25) is 5.02 Å². The van der Waals surface area contributed by atoms with Crippen molar-refractivity contribution >= 4 is 17.3 Å². The summed E-state index contributed by atoms with van der Waals surface area (Å²) in [6.07, 6.45) is 9.40. The summed E-state index contributed by atoms with van der Waals surface area (Å²) >= 11 is 6.04. The highest BCUT2D eigenvalue weighted by Crippen LogP contribution is 2.29. The van der Waals surface area contributed by atoms with E-state index in [-0.39, 0.29) is 11.7 Å². The Bertz CT molecular complexity index is 1050. The molecule has 7 heteroatoms. The molecule has 0 bridgehead atoms. The molecule has 4 rings (SSSR count). The quantitative estimate of drug-likeness (QED) is 0.367. The fourth-order valence-corrected chi connectivity index (χ4v) is 3.21. The van der Waals surface area contributed by atoms with Crippen molar-refractivity contribution in [1.29, 1.82) is 0 Å². The van der Waals surface area contributed by atoms with Gasteiger partial charge in [0.05, 0.1) is 17.3 Å². The Hall–Kier alpha value is -3.38. The van der Waals surface area contributed by atoms with Crippen LogP contribution in [0.5, 0.6) is 0 Å². The summed E-state index contributed by atoms with van der Waals surface area (Å²) in [6, 6.07) is 16.2. The van der Waals surface area contributed by atoms with Crippen LogP contribution in [-0.4, -0.2) is 19.0 Å². The molecule has 2 heterocycles. The number of hydrogen-bond acceptors (Lipinski definition) is 3. The number of nitro groups is 1. The Morgan fingerprint density at radius 3 is 2.33 bits per heavy atom. The zero-order chi connectivity index (χ0) is 18.8. The predicted molar refractivity (Wildman–Crippen MR) is 103 cm³/mol. The van der Waals surface area contributed by atoms with Gasteiger partial charge in [0.25, 0.3) is 5.69 Å². The highest BCUT2D eigenvalue weighted by molar-refractivity contribution is 6.30. The molecule has 0 fully saturated rings. The molecule has 134 valence electrons. The van der Waals surface area contributed by atoms with Gasteiger partial charge in [0.1, 0.15) is 0 Å². The van der Waals surface area contributed by atoms with Crippen LogP contribution in [0.1, 0.15) is 17.2 Å². The van der Waals surface area contributed by atoms with Gasteiger partial charge in [0.15, 0.2) is 0 Å². The van der Waals surface area contributed by atoms with E-state index >= 15 is 0 Å². The minimum absolute atomic E-state index is 0.0518. The normalized spacial score (nSPS) is 12.0. The molecule has 27 heavy (non-hydrogen) atoms. The van der Waals surface area contributed by atoms with E-state index in [9.17, 15) is 10.1 Å². The van der Waals surface area contributed by atoms with Crippen LogP contribution in [0.4, 0.5) is 5.69 Å². The van der Waals surface area contributed by atoms with E-state index in [1.807, 2.05) is 58.1 Å². The number of nitrogens with zero attached hydrogens (tertiary/aromatic N) is 4. The highest BCUT2D eigenvalue weighted by atomic mass is 35.5. The largest absolute Gasteiger partial charge is 0.326 e. The first-order chi connectivity index (χ1) is 13.1. The van der Waals surface area contributed by atoms with E-state index in [0.29, 0.717) is 5.02 Å². The molecule has 0 N–H and O–H groups in total. The maximum Gasteiger partial charge on any atom is 0.269 e. The smallest absolute Gasteiger partial charge is 0.269 e. The van der Waals surface area contributed by atoms with E-state index in [4.69, 9.17) is 11.6 Å². The maximum atomic E-state index is 10.8. The highest BCUT2D eigenvalue weighted by Gasteiger charge is 2.17. The van der Waals surface area contributed by atoms with Crippen molar-refractivity contribution in [3.05, 3.63) is 112 Å². The van der Waals surface area contributed by atoms with Crippen LogP contribution < -0.4 is 0 Å². The summed E-state index contributed by atoms with van der Waals surface area (Å²) in [6.45, 7) is 0. The van der Waals surface area contributed by atoms with E-state index in [1.54, 1.807) is 24.7 Å². The monoisotopic (exact) mass is 378 g/mol. The van der Waals surface area contributed by atoms with Crippen molar-refractivity contribution < 1.29 is 4.92 Å². The van der Waals surface area contributed by atoms with E-state index < -0.39 is 4.92 Å². The number of imidazole rings is 1. The maximum absolute atomic E-state index is 10.8. The van der Waals surface area contributed by atoms with Crippen LogP contribution >= 0.6 is 11.6 Å². The van der Waals surface area contributed by atoms with Gasteiger partial charge in [-0.2, -0.15) is 0 Å². The van der Waals surface area contributed by atoms with Gasteiger partial charge in [-0.3, -0.25) is 10.1 Å². The van der Waals surface area contributed by atoms with E-state index in [2.05, 4.69) is 4.98 Å². The van der Waals surface area contributed by atoms with Crippen LogP contribution in [0.3, 0.4) is 0 Å². The molecule has 0 saturated carbocycles. The summed E-state index contributed by atoms with van der Waals surface area (Å²) in [4.78, 5) is 14.6. The fraction of sp³-hybridized carbons (Fsp3) is 0.0500. The second-order valence-electron chi connectivity index (χ2n) is 6.09. The molecule has 1 atom stereocenters. The van der Waals surface area contributed by atoms with Crippen molar-refractivity contribution in [1.82, 2.24) is 14.1 Å². The number of non-ortho nitro benzene ring substituents is 1. The number of nitro benzene ring substituents is 1. The zero-order valence-corrected chi connectivity index (χ0v) is 14.9. The second kappa shape index (κ2) is 7.09. The molecular weight excluding hydrogens is 364 g/mol. The summed E-state index contributed by atoms with van der Waals surface area (Å²) in [5.41, 5.74) is 3.07. The molecule has 0 saturated heterocycles. The molecule has 0 aliphatic rings. The first kappa shape index (κ1) is 17.1. The Kier molecular flexibility index (Phi) is 4.48. The minimum atomic E-state index is -0.402. The molecule has 0 radical (unpaired) electrons. The van der Waals surface area contributed by atoms with Crippen LogP contribution in [0, 0.1) is 10.1 Å². The SMILES string of the molecule is O=[N+]([O-])c1ccc(-n2ccc(C(c3ccc(Cl)cc3)n3ccnc3)c2)cc1. The van der Waals surface area contributed by atoms with Crippen molar-refractivity contribution in [3.63, 3.8) is 0 Å². The average molecular weight is 379 g/mol. The lowest BCUT2D eigenvalue weighted by atomic mass is 10.0. The Balaban J connectivity index is 1.72. The van der Waals surface area contributed by atoms with Gasteiger partial charge in [-0.05, 0) is 41.5 Å². The average Bonchev–Trinajstić information content (AvgIpc) is 3.36. The van der Waals surface area contributed by atoms with Crippen molar-refractivity contribution in [2.75, 3.05) is 0 Å². The van der Waals surface area contributed by atoms with Crippen molar-refractivity contribution in [3.8, 4) is 5.69 Å². The number of benzene rings is 2. The first-order valence-electron chi connectivity index (χ1n) is 8.27. The lowest BCUT2D eigenvalue weighted by molar-refractivity contribution is -0.384. The van der Waals surface area contributed by atoms with Gasteiger partial charge in [-0.15, -0.1) is 0 Å². The van der Waals surface area contributed by atoms with Crippen molar-refractivity contribution in [2.24, 2.45) is 0 Å². The molecule has 4 aromatic rings. The minimum Gasteiger partial charge on any atom is -0.326 e. The lowest BCUT2D eigenvalue weighted by Gasteiger charge is -2.18. The molecule has 0 aliphatic heterocycles. The Morgan fingerprint density at radius 1 is 0.963 bits per heavy atom. The van der Waals surface area contributed by atoms with Gasteiger partial charge in [0.2, 0.25) is 0 Å². The third-order valence-corrected chi connectivity index (χ3v) is 4.65. The van der Waals surface area contributed by atoms with Gasteiger partial charge >= 0.3 is 0 Å². The Labute approximate surface area is 160 Å². The molecule has 0 aliphatic carbocycles. The number of rotatable bonds is 5. The molecule has 0 amide bonds. The molecule has 2 aromatic carbocycles. The summed E-state index contributed by atoms with van der Waals surface area (Å²) in [7, 11) is 0. The first-order valence-corrected chi connectivity index (χ1v) is 8.65. The van der Waals surface area contributed by atoms with Gasteiger partial charge in [-0.1, -0.05) is 23.7 Å². The van der Waals surface area contributed by atoms with Crippen LogP contribution in [-0.2, 0) is 0 Å². The third kappa shape index (κ3) is 3.47. The number of hydrogen-bond donors (Lipinski definition) is 0. The number of halogens is 1. The zero-order valence-electron chi connectivity index (χ0n) is 14.1. The van der Waals surface area contributed by atoms with Gasteiger partial charge in [0, 0.05) is 47.6 Å². The van der Waals surface area contributed by atoms with Crippen LogP contribution in [0.15, 0.2) is 85.7 Å². The van der Waals surface area contributed by atoms with E-state index in [0.717, 1.165) is 16.8 Å². The summed E-state index contributed by atoms with van der Waals surface area (Å²) < 4.78 is 3.97. The third-order valence-electron chi connectivity index (χ3n) is 4.40. The summed E-state index contributed by atoms with van der Waals surface area (Å²) in [5.74, 6) is 0. The van der Waals surface area contributed by atoms with Crippen molar-refractivity contribution in [2.45, 2.75) is 6.04 Å². The second-order valence-corrected chi connectivity index (χ2v) is 6.53. The topological polar surface area (TPSA) is 65.9 Å². The standard InChI is InChI=1S/C20H15ClN4O2/c21-17-3-1-15(2-4-17)20(24-12-10-22-14-24)16-9-11-23(13-16)18-5-7-19(8-6-18)25(26)27/h1-14,20H. The fourth-order valence-electron chi connectivity index (χ4n) is 3.09. The van der Waals surface area contributed by atoms with E-state index in [1.165, 1.54) is 12.1 Å².